The maximum absolute atomic E-state index is 14.1. The first-order valence-electron chi connectivity index (χ1n) is 7.47. The Labute approximate surface area is 125 Å². The maximum Gasteiger partial charge on any atom is 0.256 e. The fourth-order valence-corrected chi connectivity index (χ4v) is 2.29. The number of aliphatic hydroxyl groups is 1. The van der Waals surface area contributed by atoms with E-state index in [9.17, 15) is 9.18 Å². The van der Waals surface area contributed by atoms with Crippen molar-refractivity contribution in [1.29, 1.82) is 0 Å². The fourth-order valence-electron chi connectivity index (χ4n) is 2.29. The van der Waals surface area contributed by atoms with Crippen LogP contribution in [0.25, 0.3) is 0 Å². The molecule has 0 spiro atoms. The van der Waals surface area contributed by atoms with Crippen molar-refractivity contribution in [2.24, 2.45) is 0 Å². The first-order chi connectivity index (χ1) is 10.0. The Bertz CT molecular complexity index is 478. The number of hydrogen-bond acceptors (Lipinski definition) is 3. The first-order valence-corrected chi connectivity index (χ1v) is 7.47. The van der Waals surface area contributed by atoms with Crippen LogP contribution in [0.3, 0.4) is 0 Å². The summed E-state index contributed by atoms with van der Waals surface area (Å²) in [6, 6.07) is 2.87. The van der Waals surface area contributed by atoms with Crippen LogP contribution in [-0.2, 0) is 0 Å². The third kappa shape index (κ3) is 5.01. The highest BCUT2D eigenvalue weighted by molar-refractivity contribution is 5.95. The Kier molecular flexibility index (Phi) is 7.15. The van der Waals surface area contributed by atoms with Crippen molar-refractivity contribution in [2.75, 3.05) is 25.4 Å². The second-order valence-corrected chi connectivity index (χ2v) is 5.28. The minimum absolute atomic E-state index is 0.0172. The largest absolute Gasteiger partial charge is 0.399 e. The van der Waals surface area contributed by atoms with Crippen LogP contribution >= 0.6 is 0 Å². The first kappa shape index (κ1) is 17.4. The van der Waals surface area contributed by atoms with Gasteiger partial charge in [-0.05, 0) is 31.0 Å². The lowest BCUT2D eigenvalue weighted by molar-refractivity contribution is 0.0713. The number of aliphatic hydroxyl groups excluding tert-OH is 1. The summed E-state index contributed by atoms with van der Waals surface area (Å²) in [6.07, 6.45) is 4.08. The lowest BCUT2D eigenvalue weighted by Gasteiger charge is -2.22. The van der Waals surface area contributed by atoms with E-state index in [2.05, 4.69) is 6.92 Å². The summed E-state index contributed by atoms with van der Waals surface area (Å²) in [5.74, 6) is -0.945. The van der Waals surface area contributed by atoms with Gasteiger partial charge in [0.05, 0.1) is 12.2 Å². The molecule has 0 aliphatic rings. The number of benzene rings is 1. The summed E-state index contributed by atoms with van der Waals surface area (Å²) in [6.45, 7) is 4.29. The zero-order valence-electron chi connectivity index (χ0n) is 12.9. The Morgan fingerprint density at radius 1 is 1.29 bits per heavy atom. The number of nitrogens with zero attached hydrogens (tertiary/aromatic N) is 1. The van der Waals surface area contributed by atoms with Crippen LogP contribution in [0.2, 0.25) is 0 Å². The van der Waals surface area contributed by atoms with Crippen molar-refractivity contribution < 1.29 is 14.3 Å². The van der Waals surface area contributed by atoms with Crippen molar-refractivity contribution in [3.63, 3.8) is 0 Å². The predicted molar refractivity (Wildman–Crippen MR) is 82.7 cm³/mol. The lowest BCUT2D eigenvalue weighted by atomic mass is 10.1. The van der Waals surface area contributed by atoms with E-state index in [0.717, 1.165) is 25.7 Å². The molecule has 3 N–H and O–H groups in total. The van der Waals surface area contributed by atoms with Crippen LogP contribution in [-0.4, -0.2) is 35.6 Å². The molecule has 0 aliphatic carbocycles. The molecule has 118 valence electrons. The number of hydrogen-bond donors (Lipinski definition) is 2. The molecular weight excluding hydrogens is 271 g/mol. The maximum atomic E-state index is 14.1. The molecule has 0 saturated heterocycles. The second-order valence-electron chi connectivity index (χ2n) is 5.28. The molecule has 1 amide bonds. The minimum Gasteiger partial charge on any atom is -0.399 e. The van der Waals surface area contributed by atoms with Gasteiger partial charge in [-0.15, -0.1) is 0 Å². The monoisotopic (exact) mass is 296 g/mol. The summed E-state index contributed by atoms with van der Waals surface area (Å²) in [5.41, 5.74) is 6.40. The summed E-state index contributed by atoms with van der Waals surface area (Å²) in [5, 5.41) is 9.10. The second kappa shape index (κ2) is 8.62. The Morgan fingerprint density at radius 2 is 2.00 bits per heavy atom. The Morgan fingerprint density at radius 3 is 2.62 bits per heavy atom. The molecule has 1 aromatic rings. The third-order valence-corrected chi connectivity index (χ3v) is 3.45. The number of aryl methyl sites for hydroxylation is 1. The Balaban J connectivity index is 2.85. The lowest BCUT2D eigenvalue weighted by Crippen LogP contribution is -2.35. The van der Waals surface area contributed by atoms with Crippen LogP contribution in [0.5, 0.6) is 0 Å². The molecule has 4 nitrogen and oxygen atoms in total. The summed E-state index contributed by atoms with van der Waals surface area (Å²) in [7, 11) is 0. The van der Waals surface area contributed by atoms with E-state index in [1.807, 2.05) is 0 Å². The van der Waals surface area contributed by atoms with Gasteiger partial charge in [0.2, 0.25) is 0 Å². The highest BCUT2D eigenvalue weighted by Crippen LogP contribution is 2.19. The number of carbonyl (C=O) groups excluding carboxylic acids is 1. The number of carbonyl (C=O) groups is 1. The number of halogens is 1. The predicted octanol–water partition coefficient (Wildman–Crippen LogP) is 2.73. The number of anilines is 1. The van der Waals surface area contributed by atoms with Gasteiger partial charge < -0.3 is 15.7 Å². The molecule has 0 bridgehead atoms. The van der Waals surface area contributed by atoms with Gasteiger partial charge in [-0.25, -0.2) is 4.39 Å². The van der Waals surface area contributed by atoms with Crippen LogP contribution < -0.4 is 5.73 Å². The van der Waals surface area contributed by atoms with Crippen molar-refractivity contribution >= 4 is 11.6 Å². The summed E-state index contributed by atoms with van der Waals surface area (Å²) >= 11 is 0. The van der Waals surface area contributed by atoms with Gasteiger partial charge in [-0.1, -0.05) is 26.2 Å². The van der Waals surface area contributed by atoms with E-state index < -0.39 is 11.7 Å². The molecule has 0 heterocycles. The molecule has 5 heteroatoms. The van der Waals surface area contributed by atoms with Crippen LogP contribution in [0.15, 0.2) is 12.1 Å². The smallest absolute Gasteiger partial charge is 0.256 e. The minimum atomic E-state index is -0.536. The molecule has 0 aromatic heterocycles. The van der Waals surface area contributed by atoms with Gasteiger partial charge in [0.15, 0.2) is 0 Å². The molecule has 0 radical (unpaired) electrons. The standard InChI is InChI=1S/C16H25FN2O2/c1-3-4-5-6-7-19(8-9-20)16(21)14-11-13(18)10-12(2)15(14)17/h10-11,20H,3-9,18H2,1-2H3. The molecule has 1 aromatic carbocycles. The molecule has 21 heavy (non-hydrogen) atoms. The van der Waals surface area contributed by atoms with E-state index in [4.69, 9.17) is 10.8 Å². The van der Waals surface area contributed by atoms with Crippen molar-refractivity contribution in [3.8, 4) is 0 Å². The van der Waals surface area contributed by atoms with Crippen molar-refractivity contribution in [3.05, 3.63) is 29.1 Å². The summed E-state index contributed by atoms with van der Waals surface area (Å²) in [4.78, 5) is 13.9. The van der Waals surface area contributed by atoms with Gasteiger partial charge in [-0.3, -0.25) is 4.79 Å². The Hall–Kier alpha value is -1.62. The molecule has 0 atom stereocenters. The van der Waals surface area contributed by atoms with Gasteiger partial charge in [0.25, 0.3) is 5.91 Å². The molecule has 1 rings (SSSR count). The number of nitrogens with two attached hydrogens (primary N) is 1. The number of unbranched alkanes of at least 4 members (excludes halogenated alkanes) is 3. The average molecular weight is 296 g/mol. The summed E-state index contributed by atoms with van der Waals surface area (Å²) < 4.78 is 14.1. The highest BCUT2D eigenvalue weighted by Gasteiger charge is 2.20. The van der Waals surface area contributed by atoms with E-state index in [-0.39, 0.29) is 18.7 Å². The van der Waals surface area contributed by atoms with E-state index in [0.29, 0.717) is 17.8 Å². The van der Waals surface area contributed by atoms with E-state index >= 15 is 0 Å². The van der Waals surface area contributed by atoms with E-state index in [1.54, 1.807) is 6.92 Å². The van der Waals surface area contributed by atoms with Crippen LogP contribution in [0.4, 0.5) is 10.1 Å². The zero-order valence-corrected chi connectivity index (χ0v) is 12.9. The topological polar surface area (TPSA) is 66.6 Å². The zero-order chi connectivity index (χ0) is 15.8. The highest BCUT2D eigenvalue weighted by atomic mass is 19.1. The number of rotatable bonds is 8. The van der Waals surface area contributed by atoms with Crippen molar-refractivity contribution in [2.45, 2.75) is 39.5 Å². The molecule has 0 unspecified atom stereocenters. The normalized spacial score (nSPS) is 10.7. The number of nitrogen functional groups attached to an aromatic ring is 1. The SMILES string of the molecule is CCCCCCN(CCO)C(=O)c1cc(N)cc(C)c1F. The average Bonchev–Trinajstić information content (AvgIpc) is 2.45. The molecule has 0 aliphatic heterocycles. The van der Waals surface area contributed by atoms with Crippen LogP contribution in [0, 0.1) is 12.7 Å². The van der Waals surface area contributed by atoms with Crippen LogP contribution in [0.1, 0.15) is 48.5 Å². The van der Waals surface area contributed by atoms with Gasteiger partial charge >= 0.3 is 0 Å². The molecule has 0 saturated carbocycles. The molecule has 0 fully saturated rings. The quantitative estimate of drug-likeness (QED) is 0.572. The van der Waals surface area contributed by atoms with Gasteiger partial charge in [0, 0.05) is 18.8 Å². The van der Waals surface area contributed by atoms with E-state index in [1.165, 1.54) is 17.0 Å². The fraction of sp³-hybridized carbons (Fsp3) is 0.562. The van der Waals surface area contributed by atoms with Gasteiger partial charge in [-0.2, -0.15) is 0 Å². The van der Waals surface area contributed by atoms with Crippen molar-refractivity contribution in [1.82, 2.24) is 4.90 Å². The third-order valence-electron chi connectivity index (χ3n) is 3.45. The number of amides is 1. The molecular formula is C16H25FN2O2. The van der Waals surface area contributed by atoms with Gasteiger partial charge in [0.1, 0.15) is 5.82 Å².